The monoisotopic (exact) mass is 266 g/mol. The fourth-order valence-electron chi connectivity index (χ4n) is 1.79. The summed E-state index contributed by atoms with van der Waals surface area (Å²) in [5.74, 6) is 0. The van der Waals surface area contributed by atoms with Gasteiger partial charge in [-0.3, -0.25) is 0 Å². The summed E-state index contributed by atoms with van der Waals surface area (Å²) in [5.41, 5.74) is 1.32. The van der Waals surface area contributed by atoms with Crippen molar-refractivity contribution in [3.63, 3.8) is 0 Å². The van der Waals surface area contributed by atoms with E-state index in [-0.39, 0.29) is 6.10 Å². The predicted octanol–water partition coefficient (Wildman–Crippen LogP) is 4.46. The van der Waals surface area contributed by atoms with Gasteiger partial charge in [-0.2, -0.15) is 0 Å². The highest BCUT2D eigenvalue weighted by molar-refractivity contribution is 7.10. The van der Waals surface area contributed by atoms with Crippen molar-refractivity contribution in [3.8, 4) is 0 Å². The van der Waals surface area contributed by atoms with E-state index < -0.39 is 0 Å². The molecule has 90 valence electrons. The molecule has 0 aliphatic heterocycles. The molecule has 0 bridgehead atoms. The molecule has 1 aromatic heterocycles. The molecule has 2 rings (SSSR count). The number of benzene rings is 1. The SMILES string of the molecule is OC(CCCc1ccccc1)c1cc(Cl)cs1. The minimum absolute atomic E-state index is 0.379. The van der Waals surface area contributed by atoms with Crippen LogP contribution in [0.4, 0.5) is 0 Å². The van der Waals surface area contributed by atoms with E-state index in [0.717, 1.165) is 24.1 Å². The van der Waals surface area contributed by atoms with Crippen LogP contribution in [0, 0.1) is 0 Å². The van der Waals surface area contributed by atoms with Gasteiger partial charge in [-0.15, -0.1) is 11.3 Å². The zero-order valence-corrected chi connectivity index (χ0v) is 11.0. The second-order valence-electron chi connectivity index (χ2n) is 4.06. The molecule has 0 aliphatic carbocycles. The number of aliphatic hydroxyl groups is 1. The van der Waals surface area contributed by atoms with Crippen molar-refractivity contribution >= 4 is 22.9 Å². The number of hydrogen-bond acceptors (Lipinski definition) is 2. The second-order valence-corrected chi connectivity index (χ2v) is 5.44. The van der Waals surface area contributed by atoms with Crippen molar-refractivity contribution in [1.82, 2.24) is 0 Å². The largest absolute Gasteiger partial charge is 0.388 e. The molecule has 0 fully saturated rings. The fourth-order valence-corrected chi connectivity index (χ4v) is 2.89. The highest BCUT2D eigenvalue weighted by atomic mass is 35.5. The average molecular weight is 267 g/mol. The molecule has 3 heteroatoms. The molecule has 1 atom stereocenters. The minimum atomic E-state index is -0.379. The molecule has 1 nitrogen and oxygen atoms in total. The third-order valence-electron chi connectivity index (χ3n) is 2.70. The summed E-state index contributed by atoms with van der Waals surface area (Å²) in [6, 6.07) is 12.2. The van der Waals surface area contributed by atoms with Crippen LogP contribution in [0.5, 0.6) is 0 Å². The Morgan fingerprint density at radius 3 is 2.65 bits per heavy atom. The van der Waals surface area contributed by atoms with Gasteiger partial charge in [0, 0.05) is 10.3 Å². The van der Waals surface area contributed by atoms with Gasteiger partial charge in [-0.1, -0.05) is 41.9 Å². The molecule has 0 aliphatic rings. The van der Waals surface area contributed by atoms with Crippen LogP contribution in [-0.4, -0.2) is 5.11 Å². The fraction of sp³-hybridized carbons (Fsp3) is 0.286. The van der Waals surface area contributed by atoms with E-state index >= 15 is 0 Å². The maximum atomic E-state index is 9.96. The Kier molecular flexibility index (Phi) is 4.60. The Morgan fingerprint density at radius 1 is 1.24 bits per heavy atom. The molecule has 0 amide bonds. The third kappa shape index (κ3) is 3.84. The summed E-state index contributed by atoms with van der Waals surface area (Å²) in [5, 5.41) is 12.5. The van der Waals surface area contributed by atoms with Gasteiger partial charge in [0.2, 0.25) is 0 Å². The Balaban J connectivity index is 1.79. The molecule has 1 N–H and O–H groups in total. The van der Waals surface area contributed by atoms with E-state index in [1.807, 2.05) is 29.6 Å². The Labute approximate surface area is 111 Å². The zero-order chi connectivity index (χ0) is 12.1. The Bertz CT molecular complexity index is 452. The Hall–Kier alpha value is -0.830. The molecule has 1 heterocycles. The summed E-state index contributed by atoms with van der Waals surface area (Å²) < 4.78 is 0. The van der Waals surface area contributed by atoms with Crippen molar-refractivity contribution in [2.75, 3.05) is 0 Å². The van der Waals surface area contributed by atoms with Gasteiger partial charge in [0.1, 0.15) is 0 Å². The van der Waals surface area contributed by atoms with Crippen LogP contribution in [0.3, 0.4) is 0 Å². The van der Waals surface area contributed by atoms with Gasteiger partial charge in [0.15, 0.2) is 0 Å². The average Bonchev–Trinajstić information content (AvgIpc) is 2.77. The van der Waals surface area contributed by atoms with E-state index in [9.17, 15) is 5.11 Å². The van der Waals surface area contributed by atoms with E-state index in [2.05, 4.69) is 12.1 Å². The van der Waals surface area contributed by atoms with Crippen molar-refractivity contribution in [3.05, 3.63) is 57.2 Å². The van der Waals surface area contributed by atoms with Gasteiger partial charge in [0.25, 0.3) is 0 Å². The van der Waals surface area contributed by atoms with Gasteiger partial charge >= 0.3 is 0 Å². The lowest BCUT2D eigenvalue weighted by atomic mass is 10.1. The molecule has 17 heavy (non-hydrogen) atoms. The first-order valence-corrected chi connectivity index (χ1v) is 6.97. The maximum Gasteiger partial charge on any atom is 0.0882 e. The summed E-state index contributed by atoms with van der Waals surface area (Å²) in [4.78, 5) is 0.961. The van der Waals surface area contributed by atoms with Crippen LogP contribution in [0.25, 0.3) is 0 Å². The van der Waals surface area contributed by atoms with Crippen molar-refractivity contribution < 1.29 is 5.11 Å². The Morgan fingerprint density at radius 2 is 2.00 bits per heavy atom. The lowest BCUT2D eigenvalue weighted by molar-refractivity contribution is 0.168. The predicted molar refractivity (Wildman–Crippen MR) is 73.7 cm³/mol. The molecule has 0 saturated heterocycles. The number of aryl methyl sites for hydroxylation is 1. The van der Waals surface area contributed by atoms with E-state index in [0.29, 0.717) is 5.02 Å². The van der Waals surface area contributed by atoms with Gasteiger partial charge in [0.05, 0.1) is 11.1 Å². The summed E-state index contributed by atoms with van der Waals surface area (Å²) in [6.07, 6.45) is 2.40. The summed E-state index contributed by atoms with van der Waals surface area (Å²) in [6.45, 7) is 0. The highest BCUT2D eigenvalue weighted by Crippen LogP contribution is 2.28. The second kappa shape index (κ2) is 6.20. The lowest BCUT2D eigenvalue weighted by Crippen LogP contribution is -1.95. The third-order valence-corrected chi connectivity index (χ3v) is 4.08. The molecule has 0 spiro atoms. The number of halogens is 1. The van der Waals surface area contributed by atoms with Crippen molar-refractivity contribution in [2.45, 2.75) is 25.4 Å². The smallest absolute Gasteiger partial charge is 0.0882 e. The highest BCUT2D eigenvalue weighted by Gasteiger charge is 2.09. The first-order chi connectivity index (χ1) is 8.25. The van der Waals surface area contributed by atoms with Crippen LogP contribution >= 0.6 is 22.9 Å². The first kappa shape index (κ1) is 12.6. The molecule has 2 aromatic rings. The standard InChI is InChI=1S/C14H15ClOS/c15-12-9-14(17-10-12)13(16)8-4-7-11-5-2-1-3-6-11/h1-3,5-6,9-10,13,16H,4,7-8H2. The van der Waals surface area contributed by atoms with Gasteiger partial charge in [-0.05, 0) is 30.9 Å². The van der Waals surface area contributed by atoms with E-state index in [1.54, 1.807) is 0 Å². The molecule has 0 saturated carbocycles. The maximum absolute atomic E-state index is 9.96. The lowest BCUT2D eigenvalue weighted by Gasteiger charge is -2.07. The van der Waals surface area contributed by atoms with Crippen LogP contribution in [0.1, 0.15) is 29.4 Å². The topological polar surface area (TPSA) is 20.2 Å². The van der Waals surface area contributed by atoms with Crippen molar-refractivity contribution in [1.29, 1.82) is 0 Å². The number of aliphatic hydroxyl groups excluding tert-OH is 1. The van der Waals surface area contributed by atoms with E-state index in [1.165, 1.54) is 16.9 Å². The molecule has 0 radical (unpaired) electrons. The van der Waals surface area contributed by atoms with Crippen LogP contribution in [-0.2, 0) is 6.42 Å². The minimum Gasteiger partial charge on any atom is -0.388 e. The summed E-state index contributed by atoms with van der Waals surface area (Å²) >= 11 is 7.36. The first-order valence-electron chi connectivity index (χ1n) is 5.71. The van der Waals surface area contributed by atoms with Gasteiger partial charge in [-0.25, -0.2) is 0 Å². The molecule has 1 unspecified atom stereocenters. The number of rotatable bonds is 5. The normalized spacial score (nSPS) is 12.6. The molecule has 1 aromatic carbocycles. The quantitative estimate of drug-likeness (QED) is 0.847. The van der Waals surface area contributed by atoms with E-state index in [4.69, 9.17) is 11.6 Å². The molecular formula is C14H15ClOS. The van der Waals surface area contributed by atoms with Gasteiger partial charge < -0.3 is 5.11 Å². The zero-order valence-electron chi connectivity index (χ0n) is 9.47. The number of thiophene rings is 1. The van der Waals surface area contributed by atoms with Crippen LogP contribution < -0.4 is 0 Å². The molecular weight excluding hydrogens is 252 g/mol. The van der Waals surface area contributed by atoms with Crippen LogP contribution in [0.2, 0.25) is 5.02 Å². The number of hydrogen-bond donors (Lipinski definition) is 1. The van der Waals surface area contributed by atoms with Crippen LogP contribution in [0.15, 0.2) is 41.8 Å². The summed E-state index contributed by atoms with van der Waals surface area (Å²) in [7, 11) is 0. The van der Waals surface area contributed by atoms with Crippen molar-refractivity contribution in [2.24, 2.45) is 0 Å².